The Balaban J connectivity index is 2.56. The molecule has 6 nitrogen and oxygen atoms in total. The third kappa shape index (κ3) is 6.42. The predicted molar refractivity (Wildman–Crippen MR) is 82.5 cm³/mol. The Labute approximate surface area is 125 Å². The number of nitrogens with zero attached hydrogens (tertiary/aromatic N) is 1. The number of rotatable bonds is 7. The van der Waals surface area contributed by atoms with Crippen LogP contribution in [-0.2, 0) is 4.79 Å². The summed E-state index contributed by atoms with van der Waals surface area (Å²) in [5.41, 5.74) is -0.127. The molecule has 1 atom stereocenters. The zero-order chi connectivity index (χ0) is 16.0. The summed E-state index contributed by atoms with van der Waals surface area (Å²) >= 11 is 0. The SMILES string of the molecule is Cc1nc(NCCC(CCC(=O)O)C(C)(C)C)cc(=O)[nH]1. The Hall–Kier alpha value is -1.85. The van der Waals surface area contributed by atoms with E-state index in [0.29, 0.717) is 30.5 Å². The number of carbonyl (C=O) groups is 1. The van der Waals surface area contributed by atoms with E-state index in [1.807, 2.05) is 0 Å². The first-order chi connectivity index (χ1) is 9.68. The van der Waals surface area contributed by atoms with Crippen LogP contribution in [-0.4, -0.2) is 27.6 Å². The average Bonchev–Trinajstić information content (AvgIpc) is 2.30. The average molecular weight is 295 g/mol. The normalized spacial score (nSPS) is 13.0. The molecule has 0 aliphatic carbocycles. The van der Waals surface area contributed by atoms with Gasteiger partial charge in [-0.2, -0.15) is 0 Å². The molecule has 1 unspecified atom stereocenters. The number of anilines is 1. The van der Waals surface area contributed by atoms with Gasteiger partial charge in [0.1, 0.15) is 11.6 Å². The van der Waals surface area contributed by atoms with Crippen molar-refractivity contribution in [2.75, 3.05) is 11.9 Å². The molecule has 3 N–H and O–H groups in total. The van der Waals surface area contributed by atoms with Gasteiger partial charge >= 0.3 is 5.97 Å². The van der Waals surface area contributed by atoms with Crippen LogP contribution >= 0.6 is 0 Å². The minimum atomic E-state index is -0.760. The maximum Gasteiger partial charge on any atom is 0.303 e. The van der Waals surface area contributed by atoms with Crippen LogP contribution in [0, 0.1) is 18.3 Å². The van der Waals surface area contributed by atoms with Gasteiger partial charge in [0.2, 0.25) is 0 Å². The van der Waals surface area contributed by atoms with Crippen molar-refractivity contribution in [3.8, 4) is 0 Å². The Kier molecular flexibility index (Phi) is 5.93. The summed E-state index contributed by atoms with van der Waals surface area (Å²) in [6.45, 7) is 8.76. The number of H-pyrrole nitrogens is 1. The van der Waals surface area contributed by atoms with Gasteiger partial charge in [-0.15, -0.1) is 0 Å². The molecular formula is C15H25N3O3. The number of aryl methyl sites for hydroxylation is 1. The van der Waals surface area contributed by atoms with E-state index < -0.39 is 5.97 Å². The highest BCUT2D eigenvalue weighted by Crippen LogP contribution is 2.32. The quantitative estimate of drug-likeness (QED) is 0.718. The van der Waals surface area contributed by atoms with Crippen LogP contribution in [0.3, 0.4) is 0 Å². The van der Waals surface area contributed by atoms with Crippen molar-refractivity contribution < 1.29 is 9.90 Å². The molecule has 0 saturated carbocycles. The molecule has 1 heterocycles. The van der Waals surface area contributed by atoms with Gasteiger partial charge in [-0.1, -0.05) is 20.8 Å². The molecule has 0 aliphatic rings. The summed E-state index contributed by atoms with van der Waals surface area (Å²) in [6.07, 6.45) is 1.68. The van der Waals surface area contributed by atoms with Gasteiger partial charge in [-0.3, -0.25) is 9.59 Å². The van der Waals surface area contributed by atoms with E-state index in [2.05, 4.69) is 36.1 Å². The molecule has 0 aliphatic heterocycles. The zero-order valence-corrected chi connectivity index (χ0v) is 13.2. The van der Waals surface area contributed by atoms with Gasteiger partial charge in [0.05, 0.1) is 0 Å². The van der Waals surface area contributed by atoms with Crippen molar-refractivity contribution in [2.24, 2.45) is 11.3 Å². The zero-order valence-electron chi connectivity index (χ0n) is 13.2. The smallest absolute Gasteiger partial charge is 0.303 e. The Bertz CT molecular complexity index is 532. The summed E-state index contributed by atoms with van der Waals surface area (Å²) in [7, 11) is 0. The number of aliphatic carboxylic acids is 1. The van der Waals surface area contributed by atoms with Crippen molar-refractivity contribution in [1.82, 2.24) is 9.97 Å². The summed E-state index contributed by atoms with van der Waals surface area (Å²) in [5.74, 6) is 0.665. The number of nitrogens with one attached hydrogen (secondary N) is 2. The second kappa shape index (κ2) is 7.24. The molecule has 1 aromatic rings. The molecule has 6 heteroatoms. The largest absolute Gasteiger partial charge is 0.481 e. The lowest BCUT2D eigenvalue weighted by molar-refractivity contribution is -0.137. The Morgan fingerprint density at radius 1 is 1.43 bits per heavy atom. The van der Waals surface area contributed by atoms with E-state index in [0.717, 1.165) is 6.42 Å². The first kappa shape index (κ1) is 17.2. The molecular weight excluding hydrogens is 270 g/mol. The minimum absolute atomic E-state index is 0.0502. The van der Waals surface area contributed by atoms with Crippen LogP contribution in [0.25, 0.3) is 0 Å². The summed E-state index contributed by atoms with van der Waals surface area (Å²) < 4.78 is 0. The van der Waals surface area contributed by atoms with E-state index in [1.165, 1.54) is 6.07 Å². The Morgan fingerprint density at radius 2 is 2.10 bits per heavy atom. The minimum Gasteiger partial charge on any atom is -0.481 e. The van der Waals surface area contributed by atoms with E-state index >= 15 is 0 Å². The maximum atomic E-state index is 11.3. The standard InChI is InChI=1S/C15H25N3O3/c1-10-17-12(9-13(19)18-10)16-8-7-11(15(2,3)4)5-6-14(20)21/h9,11H,5-8H2,1-4H3,(H,20,21)(H2,16,17,18,19). The number of carboxylic acids is 1. The number of carboxylic acid groups (broad SMARTS) is 1. The number of hydrogen-bond donors (Lipinski definition) is 3. The van der Waals surface area contributed by atoms with Gasteiger partial charge in [0.25, 0.3) is 5.56 Å². The lowest BCUT2D eigenvalue weighted by atomic mass is 9.76. The fourth-order valence-electron chi connectivity index (χ4n) is 2.35. The molecule has 0 fully saturated rings. The van der Waals surface area contributed by atoms with Gasteiger partial charge in [-0.25, -0.2) is 4.98 Å². The molecule has 0 bridgehead atoms. The first-order valence-corrected chi connectivity index (χ1v) is 7.22. The van der Waals surface area contributed by atoms with E-state index in [9.17, 15) is 9.59 Å². The molecule has 0 aromatic carbocycles. The third-order valence-electron chi connectivity index (χ3n) is 3.59. The molecule has 0 saturated heterocycles. The van der Waals surface area contributed by atoms with Gasteiger partial charge in [-0.05, 0) is 31.1 Å². The summed E-state index contributed by atoms with van der Waals surface area (Å²) in [4.78, 5) is 28.9. The van der Waals surface area contributed by atoms with Crippen LogP contribution in [0.5, 0.6) is 0 Å². The summed E-state index contributed by atoms with van der Waals surface area (Å²) in [5, 5.41) is 12.0. The predicted octanol–water partition coefficient (Wildman–Crippen LogP) is 2.41. The second-order valence-electron chi connectivity index (χ2n) is 6.43. The van der Waals surface area contributed by atoms with Crippen LogP contribution in [0.1, 0.15) is 45.9 Å². The monoisotopic (exact) mass is 295 g/mol. The first-order valence-electron chi connectivity index (χ1n) is 7.22. The fourth-order valence-corrected chi connectivity index (χ4v) is 2.35. The number of hydrogen-bond acceptors (Lipinski definition) is 4. The second-order valence-corrected chi connectivity index (χ2v) is 6.43. The third-order valence-corrected chi connectivity index (χ3v) is 3.59. The van der Waals surface area contributed by atoms with Crippen LogP contribution < -0.4 is 10.9 Å². The Morgan fingerprint density at radius 3 is 2.62 bits per heavy atom. The topological polar surface area (TPSA) is 95.1 Å². The molecule has 21 heavy (non-hydrogen) atoms. The molecule has 0 amide bonds. The molecule has 0 radical (unpaired) electrons. The van der Waals surface area contributed by atoms with E-state index in [-0.39, 0.29) is 17.4 Å². The fraction of sp³-hybridized carbons (Fsp3) is 0.667. The van der Waals surface area contributed by atoms with Crippen molar-refractivity contribution in [3.63, 3.8) is 0 Å². The van der Waals surface area contributed by atoms with E-state index in [1.54, 1.807) is 6.92 Å². The molecule has 1 rings (SSSR count). The summed E-state index contributed by atoms with van der Waals surface area (Å²) in [6, 6.07) is 1.43. The lowest BCUT2D eigenvalue weighted by Gasteiger charge is -2.30. The van der Waals surface area contributed by atoms with Crippen molar-refractivity contribution in [3.05, 3.63) is 22.2 Å². The maximum absolute atomic E-state index is 11.3. The van der Waals surface area contributed by atoms with Crippen LogP contribution in [0.2, 0.25) is 0 Å². The van der Waals surface area contributed by atoms with Crippen molar-refractivity contribution >= 4 is 11.8 Å². The highest BCUT2D eigenvalue weighted by atomic mass is 16.4. The highest BCUT2D eigenvalue weighted by molar-refractivity contribution is 5.66. The lowest BCUT2D eigenvalue weighted by Crippen LogP contribution is -2.24. The van der Waals surface area contributed by atoms with Crippen molar-refractivity contribution in [1.29, 1.82) is 0 Å². The number of aromatic amines is 1. The van der Waals surface area contributed by atoms with Gasteiger partial charge in [0.15, 0.2) is 0 Å². The van der Waals surface area contributed by atoms with Gasteiger partial charge < -0.3 is 15.4 Å². The van der Waals surface area contributed by atoms with Gasteiger partial charge in [0, 0.05) is 19.0 Å². The van der Waals surface area contributed by atoms with Crippen LogP contribution in [0.4, 0.5) is 5.82 Å². The number of aromatic nitrogens is 2. The van der Waals surface area contributed by atoms with Crippen molar-refractivity contribution in [2.45, 2.75) is 47.0 Å². The molecule has 118 valence electrons. The highest BCUT2D eigenvalue weighted by Gasteiger charge is 2.24. The van der Waals surface area contributed by atoms with E-state index in [4.69, 9.17) is 5.11 Å². The van der Waals surface area contributed by atoms with Crippen LogP contribution in [0.15, 0.2) is 10.9 Å². The molecule has 0 spiro atoms. The molecule has 1 aromatic heterocycles.